The largest absolute Gasteiger partial charge is 0.497 e. The highest BCUT2D eigenvalue weighted by Crippen LogP contribution is 2.41. The van der Waals surface area contributed by atoms with Gasteiger partial charge >= 0.3 is 0 Å². The Morgan fingerprint density at radius 2 is 1.73 bits per heavy atom. The molecule has 0 saturated heterocycles. The fourth-order valence-corrected chi connectivity index (χ4v) is 3.72. The molecular weight excluding hydrogens is 495 g/mol. The molecule has 1 aliphatic rings. The number of amides is 1. The number of hydrogen-bond acceptors (Lipinski definition) is 4. The third kappa shape index (κ3) is 8.67. The molecule has 0 atom stereocenters. The van der Waals surface area contributed by atoms with Crippen molar-refractivity contribution < 1.29 is 14.3 Å². The highest BCUT2D eigenvalue weighted by atomic mass is 127. The maximum absolute atomic E-state index is 12.2. The minimum absolute atomic E-state index is 0. The van der Waals surface area contributed by atoms with Crippen molar-refractivity contribution >= 4 is 35.8 Å². The summed E-state index contributed by atoms with van der Waals surface area (Å²) in [4.78, 5) is 17.0. The second-order valence-electron chi connectivity index (χ2n) is 7.56. The van der Waals surface area contributed by atoms with Crippen LogP contribution in [0.3, 0.4) is 0 Å². The number of halogens is 1. The Hall–Kier alpha value is -1.55. The zero-order chi connectivity index (χ0) is 21.0. The van der Waals surface area contributed by atoms with Crippen LogP contribution >= 0.6 is 24.0 Å². The van der Waals surface area contributed by atoms with E-state index >= 15 is 0 Å². The number of nitrogens with one attached hydrogen (secondary N) is 3. The van der Waals surface area contributed by atoms with Crippen LogP contribution in [-0.4, -0.2) is 58.9 Å². The molecule has 0 bridgehead atoms. The number of nitrogens with zero attached hydrogens (tertiary/aromatic N) is 1. The van der Waals surface area contributed by atoms with Crippen molar-refractivity contribution in [2.24, 2.45) is 10.4 Å². The van der Waals surface area contributed by atoms with Crippen LogP contribution in [0.25, 0.3) is 0 Å². The zero-order valence-electron chi connectivity index (χ0n) is 18.5. The second-order valence-corrected chi connectivity index (χ2v) is 7.56. The van der Waals surface area contributed by atoms with Crippen molar-refractivity contribution in [2.45, 2.75) is 39.0 Å². The van der Waals surface area contributed by atoms with Crippen LogP contribution in [0.4, 0.5) is 0 Å². The van der Waals surface area contributed by atoms with Crippen molar-refractivity contribution in [3.8, 4) is 5.75 Å². The summed E-state index contributed by atoms with van der Waals surface area (Å²) in [5.74, 6) is 1.44. The van der Waals surface area contributed by atoms with Crippen LogP contribution < -0.4 is 20.7 Å². The second kappa shape index (κ2) is 14.5. The first kappa shape index (κ1) is 26.5. The maximum Gasteiger partial charge on any atom is 0.251 e. The lowest BCUT2D eigenvalue weighted by atomic mass is 9.83. The van der Waals surface area contributed by atoms with Gasteiger partial charge in [0.1, 0.15) is 5.75 Å². The smallest absolute Gasteiger partial charge is 0.251 e. The summed E-state index contributed by atoms with van der Waals surface area (Å²) in [6.45, 7) is 5.58. The Labute approximate surface area is 197 Å². The van der Waals surface area contributed by atoms with Gasteiger partial charge in [0.2, 0.25) is 0 Å². The van der Waals surface area contributed by atoms with Crippen LogP contribution in [0.1, 0.15) is 49.4 Å². The van der Waals surface area contributed by atoms with E-state index in [2.05, 4.69) is 22.9 Å². The van der Waals surface area contributed by atoms with Gasteiger partial charge in [0.15, 0.2) is 5.96 Å². The molecule has 1 saturated carbocycles. The topological polar surface area (TPSA) is 84.0 Å². The van der Waals surface area contributed by atoms with E-state index in [0.29, 0.717) is 18.7 Å². The molecule has 1 aromatic rings. The number of aliphatic imine (C=N–C) groups is 1. The molecule has 8 heteroatoms. The monoisotopic (exact) mass is 532 g/mol. The summed E-state index contributed by atoms with van der Waals surface area (Å²) in [6, 6.07) is 7.08. The lowest BCUT2D eigenvalue weighted by Gasteiger charge is -2.27. The first-order chi connectivity index (χ1) is 14.1. The summed E-state index contributed by atoms with van der Waals surface area (Å²) in [5.41, 5.74) is 0.883. The molecule has 7 nitrogen and oxygen atoms in total. The minimum atomic E-state index is -0.0964. The van der Waals surface area contributed by atoms with Crippen molar-refractivity contribution in [2.75, 3.05) is 47.0 Å². The van der Waals surface area contributed by atoms with Crippen molar-refractivity contribution in [3.05, 3.63) is 29.8 Å². The molecule has 3 N–H and O–H groups in total. The van der Waals surface area contributed by atoms with Crippen LogP contribution in [0.15, 0.2) is 29.3 Å². The van der Waals surface area contributed by atoms with E-state index in [1.165, 1.54) is 25.7 Å². The molecule has 1 amide bonds. The van der Waals surface area contributed by atoms with Gasteiger partial charge in [-0.3, -0.25) is 9.79 Å². The predicted octanol–water partition coefficient (Wildman–Crippen LogP) is 3.20. The van der Waals surface area contributed by atoms with Gasteiger partial charge in [-0.25, -0.2) is 0 Å². The van der Waals surface area contributed by atoms with E-state index in [4.69, 9.17) is 14.5 Å². The van der Waals surface area contributed by atoms with Gasteiger partial charge in [-0.1, -0.05) is 12.8 Å². The lowest BCUT2D eigenvalue weighted by molar-refractivity contribution is 0.0954. The summed E-state index contributed by atoms with van der Waals surface area (Å²) in [5, 5.41) is 9.53. The van der Waals surface area contributed by atoms with Crippen molar-refractivity contribution in [3.63, 3.8) is 0 Å². The molecule has 1 aromatic carbocycles. The van der Waals surface area contributed by atoms with E-state index < -0.39 is 0 Å². The quantitative estimate of drug-likeness (QED) is 0.177. The van der Waals surface area contributed by atoms with Gasteiger partial charge in [0.25, 0.3) is 5.91 Å². The number of ether oxygens (including phenoxy) is 2. The summed E-state index contributed by atoms with van der Waals surface area (Å²) >= 11 is 0. The maximum atomic E-state index is 12.2. The Morgan fingerprint density at radius 1 is 1.07 bits per heavy atom. The molecule has 2 rings (SSSR count). The third-order valence-electron chi connectivity index (χ3n) is 5.47. The lowest BCUT2D eigenvalue weighted by Crippen LogP contribution is -2.42. The summed E-state index contributed by atoms with van der Waals surface area (Å²) < 4.78 is 10.4. The highest BCUT2D eigenvalue weighted by molar-refractivity contribution is 14.0. The van der Waals surface area contributed by atoms with Crippen LogP contribution in [0, 0.1) is 5.41 Å². The fourth-order valence-electron chi connectivity index (χ4n) is 3.72. The predicted molar refractivity (Wildman–Crippen MR) is 132 cm³/mol. The van der Waals surface area contributed by atoms with E-state index in [-0.39, 0.29) is 35.3 Å². The number of methoxy groups -OCH3 is 2. The SMILES string of the molecule is CCNC(=NCC1(CCOC)CCCC1)NCCNC(=O)c1ccc(OC)cc1.I. The van der Waals surface area contributed by atoms with Crippen molar-refractivity contribution in [1.82, 2.24) is 16.0 Å². The van der Waals surface area contributed by atoms with E-state index in [0.717, 1.165) is 37.8 Å². The number of guanidine groups is 1. The summed E-state index contributed by atoms with van der Waals surface area (Å²) in [6.07, 6.45) is 6.06. The molecule has 0 radical (unpaired) electrons. The number of rotatable bonds is 11. The average molecular weight is 532 g/mol. The fraction of sp³-hybridized carbons (Fsp3) is 0.636. The van der Waals surface area contributed by atoms with Gasteiger partial charge in [0.05, 0.1) is 7.11 Å². The number of carbonyl (C=O) groups is 1. The van der Waals surface area contributed by atoms with E-state index in [1.807, 2.05) is 0 Å². The first-order valence-electron chi connectivity index (χ1n) is 10.6. The molecule has 0 aliphatic heterocycles. The van der Waals surface area contributed by atoms with Gasteiger partial charge in [-0.05, 0) is 55.9 Å². The molecule has 0 unspecified atom stereocenters. The van der Waals surface area contributed by atoms with E-state index in [9.17, 15) is 4.79 Å². The Kier molecular flexibility index (Phi) is 12.8. The molecule has 1 aliphatic carbocycles. The molecule has 170 valence electrons. The van der Waals surface area contributed by atoms with Crippen molar-refractivity contribution in [1.29, 1.82) is 0 Å². The summed E-state index contributed by atoms with van der Waals surface area (Å²) in [7, 11) is 3.37. The Balaban J connectivity index is 0.00000450. The Morgan fingerprint density at radius 3 is 2.33 bits per heavy atom. The molecule has 0 heterocycles. The molecule has 0 aromatic heterocycles. The van der Waals surface area contributed by atoms with Gasteiger partial charge in [-0.15, -0.1) is 24.0 Å². The molecule has 0 spiro atoms. The highest BCUT2D eigenvalue weighted by Gasteiger charge is 2.33. The molecular formula is C22H37IN4O3. The number of benzene rings is 1. The normalized spacial score (nSPS) is 15.2. The zero-order valence-corrected chi connectivity index (χ0v) is 20.8. The first-order valence-corrected chi connectivity index (χ1v) is 10.6. The average Bonchev–Trinajstić information content (AvgIpc) is 3.22. The van der Waals surface area contributed by atoms with Crippen LogP contribution in [0.2, 0.25) is 0 Å². The number of carbonyl (C=O) groups excluding carboxylic acids is 1. The minimum Gasteiger partial charge on any atom is -0.497 e. The third-order valence-corrected chi connectivity index (χ3v) is 5.47. The van der Waals surface area contributed by atoms with E-state index in [1.54, 1.807) is 38.5 Å². The van der Waals surface area contributed by atoms with Gasteiger partial charge in [-0.2, -0.15) is 0 Å². The molecule has 1 fully saturated rings. The van der Waals surface area contributed by atoms with Gasteiger partial charge in [0, 0.05) is 45.5 Å². The van der Waals surface area contributed by atoms with Gasteiger partial charge < -0.3 is 25.4 Å². The molecule has 30 heavy (non-hydrogen) atoms. The van der Waals surface area contributed by atoms with Crippen LogP contribution in [0.5, 0.6) is 5.75 Å². The number of hydrogen-bond donors (Lipinski definition) is 3. The standard InChI is InChI=1S/C22H36N4O3.HI/c1-4-23-21(26-17-22(13-16-28-2)11-5-6-12-22)25-15-14-24-20(27)18-7-9-19(29-3)10-8-18;/h7-10H,4-6,11-17H2,1-3H3,(H,24,27)(H2,23,25,26);1H. The van der Waals surface area contributed by atoms with Crippen LogP contribution in [-0.2, 0) is 4.74 Å². The Bertz CT molecular complexity index is 646.